The summed E-state index contributed by atoms with van der Waals surface area (Å²) in [6.45, 7) is 2.79. The molecule has 4 rings (SSSR count). The van der Waals surface area contributed by atoms with Gasteiger partial charge in [-0.3, -0.25) is 5.41 Å². The molecular formula is C21H18ClN3O2S. The van der Waals surface area contributed by atoms with E-state index in [1.54, 1.807) is 4.90 Å². The molecule has 28 heavy (non-hydrogen) atoms. The molecule has 7 heteroatoms. The van der Waals surface area contributed by atoms with Crippen molar-refractivity contribution in [1.29, 1.82) is 5.41 Å². The van der Waals surface area contributed by atoms with Gasteiger partial charge in [0.1, 0.15) is 22.4 Å². The molecule has 0 bridgehead atoms. The van der Waals surface area contributed by atoms with Crippen LogP contribution >= 0.6 is 22.9 Å². The van der Waals surface area contributed by atoms with Crippen molar-refractivity contribution in [3.63, 3.8) is 0 Å². The molecule has 0 aliphatic carbocycles. The SMILES string of the molecule is CCOc1ccc(N2CC(O)=C(c3nc(-c4ccc(Cl)cc4)cs3)C2=N)cc1. The van der Waals surface area contributed by atoms with Crippen LogP contribution in [0, 0.1) is 5.41 Å². The number of aromatic nitrogens is 1. The molecule has 5 nitrogen and oxygen atoms in total. The molecule has 0 fully saturated rings. The van der Waals surface area contributed by atoms with E-state index in [2.05, 4.69) is 4.98 Å². The van der Waals surface area contributed by atoms with Gasteiger partial charge < -0.3 is 14.7 Å². The normalized spacial score (nSPS) is 14.1. The molecule has 142 valence electrons. The van der Waals surface area contributed by atoms with E-state index < -0.39 is 0 Å². The second-order valence-corrected chi connectivity index (χ2v) is 7.52. The highest BCUT2D eigenvalue weighted by Gasteiger charge is 2.31. The maximum atomic E-state index is 10.5. The monoisotopic (exact) mass is 411 g/mol. The second-order valence-electron chi connectivity index (χ2n) is 6.23. The first-order valence-corrected chi connectivity index (χ1v) is 10.1. The Morgan fingerprint density at radius 3 is 2.57 bits per heavy atom. The Labute approximate surface area is 172 Å². The van der Waals surface area contributed by atoms with E-state index >= 15 is 0 Å². The molecule has 0 atom stereocenters. The van der Waals surface area contributed by atoms with E-state index in [0.717, 1.165) is 22.7 Å². The van der Waals surface area contributed by atoms with Crippen LogP contribution in [0.3, 0.4) is 0 Å². The quantitative estimate of drug-likeness (QED) is 0.570. The first-order valence-electron chi connectivity index (χ1n) is 8.80. The molecule has 2 aromatic carbocycles. The lowest BCUT2D eigenvalue weighted by atomic mass is 10.2. The summed E-state index contributed by atoms with van der Waals surface area (Å²) in [7, 11) is 0. The summed E-state index contributed by atoms with van der Waals surface area (Å²) in [6.07, 6.45) is 0. The maximum absolute atomic E-state index is 10.5. The number of anilines is 1. The third-order valence-corrected chi connectivity index (χ3v) is 5.53. The Morgan fingerprint density at radius 2 is 1.89 bits per heavy atom. The number of benzene rings is 2. The molecule has 1 aliphatic heterocycles. The van der Waals surface area contributed by atoms with Gasteiger partial charge in [0.15, 0.2) is 0 Å². The number of rotatable bonds is 5. The van der Waals surface area contributed by atoms with Crippen LogP contribution in [-0.4, -0.2) is 29.1 Å². The maximum Gasteiger partial charge on any atom is 0.139 e. The third kappa shape index (κ3) is 3.48. The summed E-state index contributed by atoms with van der Waals surface area (Å²) >= 11 is 7.36. The molecular weight excluding hydrogens is 394 g/mol. The van der Waals surface area contributed by atoms with Gasteiger partial charge in [0.05, 0.1) is 24.4 Å². The summed E-state index contributed by atoms with van der Waals surface area (Å²) in [5, 5.41) is 22.3. The van der Waals surface area contributed by atoms with Crippen LogP contribution in [0.5, 0.6) is 5.75 Å². The molecule has 2 heterocycles. The van der Waals surface area contributed by atoms with Crippen molar-refractivity contribution in [3.8, 4) is 17.0 Å². The zero-order valence-corrected chi connectivity index (χ0v) is 16.7. The minimum atomic E-state index is 0.149. The third-order valence-electron chi connectivity index (χ3n) is 4.42. The minimum absolute atomic E-state index is 0.149. The molecule has 0 radical (unpaired) electrons. The van der Waals surface area contributed by atoms with Crippen LogP contribution in [-0.2, 0) is 0 Å². The Kier molecular flexibility index (Phi) is 5.07. The van der Waals surface area contributed by atoms with Gasteiger partial charge in [0.2, 0.25) is 0 Å². The van der Waals surface area contributed by atoms with Crippen LogP contribution in [0.1, 0.15) is 11.9 Å². The van der Waals surface area contributed by atoms with Gasteiger partial charge in [0.25, 0.3) is 0 Å². The number of amidine groups is 1. The van der Waals surface area contributed by atoms with E-state index in [9.17, 15) is 5.11 Å². The number of hydrogen-bond acceptors (Lipinski definition) is 5. The number of ether oxygens (including phenoxy) is 1. The first-order chi connectivity index (χ1) is 13.6. The van der Waals surface area contributed by atoms with Crippen molar-refractivity contribution in [2.75, 3.05) is 18.1 Å². The molecule has 0 saturated heterocycles. The van der Waals surface area contributed by atoms with Crippen molar-refractivity contribution < 1.29 is 9.84 Å². The molecule has 0 unspecified atom stereocenters. The topological polar surface area (TPSA) is 69.4 Å². The van der Waals surface area contributed by atoms with E-state index in [1.807, 2.05) is 60.8 Å². The van der Waals surface area contributed by atoms with Crippen LogP contribution in [0.2, 0.25) is 5.02 Å². The summed E-state index contributed by atoms with van der Waals surface area (Å²) in [5.41, 5.74) is 3.03. The van der Waals surface area contributed by atoms with E-state index in [-0.39, 0.29) is 18.1 Å². The molecule has 0 spiro atoms. The molecule has 0 saturated carbocycles. The fraction of sp³-hybridized carbons (Fsp3) is 0.143. The Morgan fingerprint density at radius 1 is 1.18 bits per heavy atom. The predicted molar refractivity (Wildman–Crippen MR) is 115 cm³/mol. The summed E-state index contributed by atoms with van der Waals surface area (Å²) < 4.78 is 5.47. The number of nitrogens with one attached hydrogen (secondary N) is 1. The van der Waals surface area contributed by atoms with Gasteiger partial charge in [0, 0.05) is 21.7 Å². The zero-order valence-electron chi connectivity index (χ0n) is 15.1. The lowest BCUT2D eigenvalue weighted by Crippen LogP contribution is -2.25. The number of aliphatic hydroxyl groups excluding tert-OH is 1. The molecule has 2 N–H and O–H groups in total. The molecule has 3 aromatic rings. The summed E-state index contributed by atoms with van der Waals surface area (Å²) in [6, 6.07) is 14.9. The first kappa shape index (κ1) is 18.5. The van der Waals surface area contributed by atoms with Crippen molar-refractivity contribution >= 4 is 40.0 Å². The van der Waals surface area contributed by atoms with Crippen molar-refractivity contribution in [3.05, 3.63) is 69.7 Å². The Bertz CT molecular complexity index is 1040. The zero-order chi connectivity index (χ0) is 19.7. The van der Waals surface area contributed by atoms with Crippen LogP contribution in [0.4, 0.5) is 5.69 Å². The van der Waals surface area contributed by atoms with Gasteiger partial charge in [-0.1, -0.05) is 23.7 Å². The highest BCUT2D eigenvalue weighted by Crippen LogP contribution is 2.35. The van der Waals surface area contributed by atoms with E-state index in [1.165, 1.54) is 11.3 Å². The van der Waals surface area contributed by atoms with E-state index in [0.29, 0.717) is 22.2 Å². The van der Waals surface area contributed by atoms with Gasteiger partial charge >= 0.3 is 0 Å². The highest BCUT2D eigenvalue weighted by molar-refractivity contribution is 7.11. The standard InChI is InChI=1S/C21H18ClN3O2S/c1-2-27-16-9-7-15(8-10-16)25-11-18(26)19(20(25)23)21-24-17(12-28-21)13-3-5-14(22)6-4-13/h3-10,12,23,26H,2,11H2,1H3. The summed E-state index contributed by atoms with van der Waals surface area (Å²) in [5.74, 6) is 1.16. The van der Waals surface area contributed by atoms with Crippen molar-refractivity contribution in [2.45, 2.75) is 6.92 Å². The molecule has 1 aliphatic rings. The molecule has 1 aromatic heterocycles. The van der Waals surface area contributed by atoms with Gasteiger partial charge in [-0.05, 0) is 43.3 Å². The molecule has 0 amide bonds. The average molecular weight is 412 g/mol. The number of nitrogens with zero attached hydrogens (tertiary/aromatic N) is 2. The largest absolute Gasteiger partial charge is 0.510 e. The lowest BCUT2D eigenvalue weighted by molar-refractivity contribution is 0.340. The number of halogens is 1. The number of thiazole rings is 1. The summed E-state index contributed by atoms with van der Waals surface area (Å²) in [4.78, 5) is 6.38. The van der Waals surface area contributed by atoms with Gasteiger partial charge in [-0.15, -0.1) is 11.3 Å². The Hall–Kier alpha value is -2.83. The highest BCUT2D eigenvalue weighted by atomic mass is 35.5. The minimum Gasteiger partial charge on any atom is -0.510 e. The lowest BCUT2D eigenvalue weighted by Gasteiger charge is -2.19. The van der Waals surface area contributed by atoms with E-state index in [4.69, 9.17) is 21.7 Å². The van der Waals surface area contributed by atoms with Crippen molar-refractivity contribution in [2.24, 2.45) is 0 Å². The van der Waals surface area contributed by atoms with Gasteiger partial charge in [-0.2, -0.15) is 0 Å². The fourth-order valence-corrected chi connectivity index (χ4v) is 4.08. The van der Waals surface area contributed by atoms with Crippen LogP contribution in [0.15, 0.2) is 59.7 Å². The average Bonchev–Trinajstić information content (AvgIpc) is 3.28. The Balaban J connectivity index is 1.58. The fourth-order valence-electron chi connectivity index (χ4n) is 3.06. The van der Waals surface area contributed by atoms with Gasteiger partial charge in [-0.25, -0.2) is 4.98 Å². The van der Waals surface area contributed by atoms with Crippen LogP contribution < -0.4 is 9.64 Å². The number of hydrogen-bond donors (Lipinski definition) is 2. The van der Waals surface area contributed by atoms with Crippen molar-refractivity contribution in [1.82, 2.24) is 4.98 Å². The predicted octanol–water partition coefficient (Wildman–Crippen LogP) is 5.63. The smallest absolute Gasteiger partial charge is 0.139 e. The van der Waals surface area contributed by atoms with Crippen LogP contribution in [0.25, 0.3) is 16.8 Å². The number of aliphatic hydroxyl groups is 1. The second kappa shape index (κ2) is 7.66.